The van der Waals surface area contributed by atoms with Crippen LogP contribution in [0.25, 0.3) is 0 Å². The number of nitrogens with two attached hydrogens (primary N) is 1. The van der Waals surface area contributed by atoms with Crippen LogP contribution in [0.2, 0.25) is 0 Å². The number of ether oxygens (including phenoxy) is 1. The van der Waals surface area contributed by atoms with E-state index in [1.54, 1.807) is 6.92 Å². The van der Waals surface area contributed by atoms with Crippen molar-refractivity contribution >= 4 is 17.6 Å². The zero-order valence-corrected chi connectivity index (χ0v) is 11.3. The molecule has 0 aromatic heterocycles. The number of carbonyl (C=O) groups is 2. The molecule has 2 rings (SSSR count). The Morgan fingerprint density at radius 2 is 2.15 bits per heavy atom. The first-order chi connectivity index (χ1) is 9.52. The number of hydrogen-bond acceptors (Lipinski definition) is 5. The molecule has 0 aliphatic heterocycles. The lowest BCUT2D eigenvalue weighted by atomic mass is 10.1. The minimum absolute atomic E-state index is 0.0670. The Balaban J connectivity index is 2.14. The highest BCUT2D eigenvalue weighted by Gasteiger charge is 2.34. The second-order valence-electron chi connectivity index (χ2n) is 4.74. The largest absolute Gasteiger partial charge is 0.506 e. The minimum Gasteiger partial charge on any atom is -0.506 e. The van der Waals surface area contributed by atoms with E-state index in [1.165, 1.54) is 23.1 Å². The van der Waals surface area contributed by atoms with Gasteiger partial charge in [0, 0.05) is 11.6 Å². The Hall–Kier alpha value is -2.24. The number of hydrogen-bond donors (Lipinski definition) is 2. The van der Waals surface area contributed by atoms with Gasteiger partial charge in [-0.3, -0.25) is 9.59 Å². The van der Waals surface area contributed by atoms with Gasteiger partial charge in [0.1, 0.15) is 12.3 Å². The van der Waals surface area contributed by atoms with Crippen molar-refractivity contribution in [3.63, 3.8) is 0 Å². The predicted octanol–water partition coefficient (Wildman–Crippen LogP) is 1.14. The van der Waals surface area contributed by atoms with Gasteiger partial charge in [0.05, 0.1) is 12.3 Å². The fourth-order valence-corrected chi connectivity index (χ4v) is 1.94. The maximum absolute atomic E-state index is 12.4. The van der Waals surface area contributed by atoms with Gasteiger partial charge < -0.3 is 20.5 Å². The molecule has 0 spiro atoms. The molecule has 1 aromatic rings. The monoisotopic (exact) mass is 278 g/mol. The highest BCUT2D eigenvalue weighted by molar-refractivity contribution is 5.97. The lowest BCUT2D eigenvalue weighted by molar-refractivity contribution is -0.144. The van der Waals surface area contributed by atoms with Gasteiger partial charge in [-0.2, -0.15) is 0 Å². The summed E-state index contributed by atoms with van der Waals surface area (Å²) in [6.07, 6.45) is 1.76. The van der Waals surface area contributed by atoms with Crippen molar-refractivity contribution in [1.29, 1.82) is 0 Å². The standard InChI is InChI=1S/C14H18N2O4/c1-2-20-13(18)8-16(10-4-5-10)14(19)9-3-6-11(15)12(17)7-9/h3,6-7,10,17H,2,4-5,8,15H2,1H3. The molecule has 6 heteroatoms. The molecule has 0 radical (unpaired) electrons. The summed E-state index contributed by atoms with van der Waals surface area (Å²) in [6.45, 7) is 1.94. The van der Waals surface area contributed by atoms with Crippen LogP contribution in [0.15, 0.2) is 18.2 Å². The summed E-state index contributed by atoms with van der Waals surface area (Å²) < 4.78 is 4.88. The molecule has 0 bridgehead atoms. The molecular weight excluding hydrogens is 260 g/mol. The average molecular weight is 278 g/mol. The summed E-state index contributed by atoms with van der Waals surface area (Å²) >= 11 is 0. The van der Waals surface area contributed by atoms with Gasteiger partial charge in [0.25, 0.3) is 5.91 Å². The molecule has 0 atom stereocenters. The van der Waals surface area contributed by atoms with E-state index in [0.29, 0.717) is 5.56 Å². The van der Waals surface area contributed by atoms with Crippen LogP contribution in [-0.4, -0.2) is 41.1 Å². The van der Waals surface area contributed by atoms with Crippen LogP contribution < -0.4 is 5.73 Å². The van der Waals surface area contributed by atoms with Gasteiger partial charge in [-0.1, -0.05) is 0 Å². The number of phenols is 1. The van der Waals surface area contributed by atoms with Gasteiger partial charge in [0.15, 0.2) is 0 Å². The molecule has 0 saturated heterocycles. The zero-order chi connectivity index (χ0) is 14.7. The SMILES string of the molecule is CCOC(=O)CN(C(=O)c1ccc(N)c(O)c1)C1CC1. The van der Waals surface area contributed by atoms with E-state index in [9.17, 15) is 14.7 Å². The second-order valence-corrected chi connectivity index (χ2v) is 4.74. The Morgan fingerprint density at radius 1 is 1.45 bits per heavy atom. The normalized spacial score (nSPS) is 13.8. The molecule has 108 valence electrons. The van der Waals surface area contributed by atoms with Crippen molar-refractivity contribution in [2.75, 3.05) is 18.9 Å². The summed E-state index contributed by atoms with van der Waals surface area (Å²) in [5.41, 5.74) is 6.03. The van der Waals surface area contributed by atoms with E-state index in [0.717, 1.165) is 12.8 Å². The summed E-state index contributed by atoms with van der Waals surface area (Å²) in [6, 6.07) is 4.40. The maximum Gasteiger partial charge on any atom is 0.325 e. The van der Waals surface area contributed by atoms with Crippen molar-refractivity contribution < 1.29 is 19.4 Å². The Bertz CT molecular complexity index is 526. The van der Waals surface area contributed by atoms with Crippen LogP contribution >= 0.6 is 0 Å². The van der Waals surface area contributed by atoms with E-state index in [-0.39, 0.29) is 36.5 Å². The van der Waals surface area contributed by atoms with Crippen LogP contribution in [0.5, 0.6) is 5.75 Å². The molecule has 20 heavy (non-hydrogen) atoms. The molecule has 1 aliphatic rings. The average Bonchev–Trinajstić information content (AvgIpc) is 3.23. The number of esters is 1. The van der Waals surface area contributed by atoms with E-state index < -0.39 is 5.97 Å². The summed E-state index contributed by atoms with van der Waals surface area (Å²) in [5, 5.41) is 9.56. The fraction of sp³-hybridized carbons (Fsp3) is 0.429. The Kier molecular flexibility index (Phi) is 4.12. The Morgan fingerprint density at radius 3 is 2.70 bits per heavy atom. The number of benzene rings is 1. The van der Waals surface area contributed by atoms with Crippen LogP contribution in [0.1, 0.15) is 30.1 Å². The van der Waals surface area contributed by atoms with E-state index in [2.05, 4.69) is 0 Å². The molecule has 0 unspecified atom stereocenters. The van der Waals surface area contributed by atoms with Crippen molar-refractivity contribution in [1.82, 2.24) is 4.90 Å². The van der Waals surface area contributed by atoms with E-state index in [1.807, 2.05) is 0 Å². The van der Waals surface area contributed by atoms with Gasteiger partial charge >= 0.3 is 5.97 Å². The maximum atomic E-state index is 12.4. The molecule has 3 N–H and O–H groups in total. The highest BCUT2D eigenvalue weighted by Crippen LogP contribution is 2.29. The molecule has 1 amide bonds. The molecule has 0 heterocycles. The van der Waals surface area contributed by atoms with Gasteiger partial charge in [-0.05, 0) is 38.0 Å². The molecule has 1 fully saturated rings. The first-order valence-corrected chi connectivity index (χ1v) is 6.58. The molecule has 1 aliphatic carbocycles. The van der Waals surface area contributed by atoms with Crippen LogP contribution in [0, 0.1) is 0 Å². The Labute approximate surface area is 117 Å². The van der Waals surface area contributed by atoms with Gasteiger partial charge in [-0.25, -0.2) is 0 Å². The van der Waals surface area contributed by atoms with Crippen molar-refractivity contribution in [3.05, 3.63) is 23.8 Å². The predicted molar refractivity (Wildman–Crippen MR) is 73.2 cm³/mol. The van der Waals surface area contributed by atoms with Crippen molar-refractivity contribution in [3.8, 4) is 5.75 Å². The van der Waals surface area contributed by atoms with Gasteiger partial charge in [-0.15, -0.1) is 0 Å². The van der Waals surface area contributed by atoms with Crippen molar-refractivity contribution in [2.45, 2.75) is 25.8 Å². The van der Waals surface area contributed by atoms with Gasteiger partial charge in [0.2, 0.25) is 0 Å². The highest BCUT2D eigenvalue weighted by atomic mass is 16.5. The number of nitrogens with zero attached hydrogens (tertiary/aromatic N) is 1. The number of anilines is 1. The third kappa shape index (κ3) is 3.20. The summed E-state index contributed by atoms with van der Waals surface area (Å²) in [4.78, 5) is 25.4. The topological polar surface area (TPSA) is 92.9 Å². The summed E-state index contributed by atoms with van der Waals surface area (Å²) in [7, 11) is 0. The van der Waals surface area contributed by atoms with E-state index in [4.69, 9.17) is 10.5 Å². The van der Waals surface area contributed by atoms with Crippen LogP contribution in [0.4, 0.5) is 5.69 Å². The lowest BCUT2D eigenvalue weighted by Crippen LogP contribution is -2.38. The van der Waals surface area contributed by atoms with Crippen molar-refractivity contribution in [2.24, 2.45) is 0 Å². The number of rotatable bonds is 5. The quantitative estimate of drug-likeness (QED) is 0.478. The van der Waals surface area contributed by atoms with Crippen LogP contribution in [0.3, 0.4) is 0 Å². The fourth-order valence-electron chi connectivity index (χ4n) is 1.94. The number of nitrogen functional groups attached to an aromatic ring is 1. The second kappa shape index (κ2) is 5.81. The van der Waals surface area contributed by atoms with Crippen LogP contribution in [-0.2, 0) is 9.53 Å². The number of aromatic hydroxyl groups is 1. The lowest BCUT2D eigenvalue weighted by Gasteiger charge is -2.21. The third-order valence-corrected chi connectivity index (χ3v) is 3.13. The van der Waals surface area contributed by atoms with E-state index >= 15 is 0 Å². The first kappa shape index (κ1) is 14.2. The number of amides is 1. The molecule has 1 saturated carbocycles. The first-order valence-electron chi connectivity index (χ1n) is 6.58. The third-order valence-electron chi connectivity index (χ3n) is 3.13. The smallest absolute Gasteiger partial charge is 0.325 e. The zero-order valence-electron chi connectivity index (χ0n) is 11.3. The molecule has 6 nitrogen and oxygen atoms in total. The molecular formula is C14H18N2O4. The number of carbonyl (C=O) groups excluding carboxylic acids is 2. The summed E-state index contributed by atoms with van der Waals surface area (Å²) in [5.74, 6) is -0.856. The molecule has 1 aromatic carbocycles. The minimum atomic E-state index is -0.424. The number of phenolic OH excluding ortho intramolecular Hbond substituents is 1.